The van der Waals surface area contributed by atoms with Crippen LogP contribution in [-0.2, 0) is 21.4 Å². The first-order valence-corrected chi connectivity index (χ1v) is 11.1. The van der Waals surface area contributed by atoms with Gasteiger partial charge in [0.2, 0.25) is 15.9 Å². The quantitative estimate of drug-likeness (QED) is 0.648. The standard InChI is InChI=1S/C19H29FN2O3S/c1-3-4-5-12-21(14-16-8-10-18(20)11-9-16)19(23)17-7-6-13-22(15-17)26(2,24)25/h8-11,17H,3-7,12-15H2,1-2H3. The van der Waals surface area contributed by atoms with Crippen molar-refractivity contribution >= 4 is 15.9 Å². The van der Waals surface area contributed by atoms with Crippen molar-refractivity contribution in [2.24, 2.45) is 5.92 Å². The maximum absolute atomic E-state index is 13.1. The summed E-state index contributed by atoms with van der Waals surface area (Å²) in [7, 11) is -3.28. The van der Waals surface area contributed by atoms with Gasteiger partial charge in [0.1, 0.15) is 5.82 Å². The predicted octanol–water partition coefficient (Wildman–Crippen LogP) is 3.02. The lowest BCUT2D eigenvalue weighted by Crippen LogP contribution is -2.46. The Labute approximate surface area is 156 Å². The Balaban J connectivity index is 2.09. The lowest BCUT2D eigenvalue weighted by Gasteiger charge is -2.34. The van der Waals surface area contributed by atoms with Crippen molar-refractivity contribution in [2.75, 3.05) is 25.9 Å². The van der Waals surface area contributed by atoms with E-state index in [-0.39, 0.29) is 24.2 Å². The Bertz CT molecular complexity index is 691. The number of benzene rings is 1. The van der Waals surface area contributed by atoms with Crippen molar-refractivity contribution in [3.8, 4) is 0 Å². The van der Waals surface area contributed by atoms with Crippen LogP contribution in [0.3, 0.4) is 0 Å². The molecule has 1 saturated heterocycles. The summed E-state index contributed by atoms with van der Waals surface area (Å²) in [6, 6.07) is 6.18. The molecule has 0 N–H and O–H groups in total. The third-order valence-corrected chi connectivity index (χ3v) is 6.10. The van der Waals surface area contributed by atoms with E-state index in [1.54, 1.807) is 17.0 Å². The largest absolute Gasteiger partial charge is 0.338 e. The first-order chi connectivity index (χ1) is 12.3. The topological polar surface area (TPSA) is 57.7 Å². The van der Waals surface area contributed by atoms with Crippen molar-refractivity contribution in [3.05, 3.63) is 35.6 Å². The number of halogens is 1. The number of hydrogen-bond acceptors (Lipinski definition) is 3. The first-order valence-electron chi connectivity index (χ1n) is 9.29. The fourth-order valence-electron chi connectivity index (χ4n) is 3.33. The number of nitrogens with zero attached hydrogens (tertiary/aromatic N) is 2. The average molecular weight is 385 g/mol. The highest BCUT2D eigenvalue weighted by Gasteiger charge is 2.32. The van der Waals surface area contributed by atoms with Gasteiger partial charge in [-0.2, -0.15) is 0 Å². The Morgan fingerprint density at radius 3 is 2.58 bits per heavy atom. The Morgan fingerprint density at radius 2 is 1.96 bits per heavy atom. The first kappa shape index (κ1) is 20.8. The van der Waals surface area contributed by atoms with Crippen LogP contribution in [0, 0.1) is 11.7 Å². The molecule has 1 unspecified atom stereocenters. The molecule has 2 rings (SSSR count). The van der Waals surface area contributed by atoms with Gasteiger partial charge in [0, 0.05) is 26.2 Å². The molecule has 26 heavy (non-hydrogen) atoms. The summed E-state index contributed by atoms with van der Waals surface area (Å²) in [4.78, 5) is 14.9. The van der Waals surface area contributed by atoms with Crippen molar-refractivity contribution in [1.29, 1.82) is 0 Å². The Kier molecular flexibility index (Phi) is 7.58. The van der Waals surface area contributed by atoms with Crippen molar-refractivity contribution in [2.45, 2.75) is 45.6 Å². The van der Waals surface area contributed by atoms with Crippen LogP contribution in [0.4, 0.5) is 4.39 Å². The number of unbranched alkanes of at least 4 members (excludes halogenated alkanes) is 2. The number of sulfonamides is 1. The lowest BCUT2D eigenvalue weighted by molar-refractivity contribution is -0.137. The molecule has 0 radical (unpaired) electrons. The number of amides is 1. The number of piperidine rings is 1. The molecule has 0 saturated carbocycles. The van der Waals surface area contributed by atoms with E-state index in [1.807, 2.05) is 0 Å². The van der Waals surface area contributed by atoms with E-state index in [0.29, 0.717) is 32.5 Å². The smallest absolute Gasteiger partial charge is 0.227 e. The van der Waals surface area contributed by atoms with E-state index in [1.165, 1.54) is 22.7 Å². The van der Waals surface area contributed by atoms with Crippen LogP contribution in [0.2, 0.25) is 0 Å². The molecule has 0 aliphatic carbocycles. The zero-order valence-corrected chi connectivity index (χ0v) is 16.5. The molecule has 5 nitrogen and oxygen atoms in total. The fraction of sp³-hybridized carbons (Fsp3) is 0.632. The number of carbonyl (C=O) groups excluding carboxylic acids is 1. The monoisotopic (exact) mass is 384 g/mol. The highest BCUT2D eigenvalue weighted by Crippen LogP contribution is 2.22. The minimum Gasteiger partial charge on any atom is -0.338 e. The molecule has 1 aliphatic heterocycles. The predicted molar refractivity (Wildman–Crippen MR) is 100 cm³/mol. The van der Waals surface area contributed by atoms with Crippen molar-refractivity contribution in [3.63, 3.8) is 0 Å². The van der Waals surface area contributed by atoms with E-state index < -0.39 is 10.0 Å². The van der Waals surface area contributed by atoms with Crippen LogP contribution in [0.5, 0.6) is 0 Å². The molecule has 1 aromatic rings. The molecule has 146 valence electrons. The molecule has 1 atom stereocenters. The third-order valence-electron chi connectivity index (χ3n) is 4.83. The second-order valence-electron chi connectivity index (χ2n) is 7.05. The van der Waals surface area contributed by atoms with Crippen LogP contribution in [-0.4, -0.2) is 49.4 Å². The fourth-order valence-corrected chi connectivity index (χ4v) is 4.24. The Morgan fingerprint density at radius 1 is 1.27 bits per heavy atom. The summed E-state index contributed by atoms with van der Waals surface area (Å²) in [5.41, 5.74) is 0.882. The van der Waals surface area contributed by atoms with Gasteiger partial charge >= 0.3 is 0 Å². The van der Waals surface area contributed by atoms with Gasteiger partial charge in [-0.1, -0.05) is 31.9 Å². The molecular formula is C19H29FN2O3S. The molecule has 0 bridgehead atoms. The maximum atomic E-state index is 13.1. The summed E-state index contributed by atoms with van der Waals surface area (Å²) in [6.45, 7) is 3.91. The van der Waals surface area contributed by atoms with Gasteiger partial charge in [0.15, 0.2) is 0 Å². The molecule has 1 heterocycles. The van der Waals surface area contributed by atoms with E-state index >= 15 is 0 Å². The zero-order chi connectivity index (χ0) is 19.2. The molecule has 1 aromatic carbocycles. The number of rotatable bonds is 8. The van der Waals surface area contributed by atoms with Crippen LogP contribution < -0.4 is 0 Å². The van der Waals surface area contributed by atoms with Gasteiger partial charge in [-0.15, -0.1) is 0 Å². The molecule has 1 fully saturated rings. The van der Waals surface area contributed by atoms with Gasteiger partial charge in [-0.3, -0.25) is 4.79 Å². The minimum absolute atomic E-state index is 0.00113. The lowest BCUT2D eigenvalue weighted by atomic mass is 9.97. The van der Waals surface area contributed by atoms with E-state index in [4.69, 9.17) is 0 Å². The summed E-state index contributed by atoms with van der Waals surface area (Å²) in [5.74, 6) is -0.604. The highest BCUT2D eigenvalue weighted by atomic mass is 32.2. The van der Waals surface area contributed by atoms with Gasteiger partial charge in [0.05, 0.1) is 12.2 Å². The molecule has 1 aliphatic rings. The van der Waals surface area contributed by atoms with Crippen LogP contribution in [0.15, 0.2) is 24.3 Å². The summed E-state index contributed by atoms with van der Waals surface area (Å²) < 4.78 is 38.2. The third kappa shape index (κ3) is 6.06. The van der Waals surface area contributed by atoms with Crippen LogP contribution in [0.25, 0.3) is 0 Å². The average Bonchev–Trinajstić information content (AvgIpc) is 2.61. The number of hydrogen-bond donors (Lipinski definition) is 0. The van der Waals surface area contributed by atoms with Crippen LogP contribution in [0.1, 0.15) is 44.6 Å². The van der Waals surface area contributed by atoms with Gasteiger partial charge in [-0.25, -0.2) is 17.1 Å². The molecular weight excluding hydrogens is 355 g/mol. The summed E-state index contributed by atoms with van der Waals surface area (Å²) in [5, 5.41) is 0. The molecule has 0 spiro atoms. The van der Waals surface area contributed by atoms with E-state index in [9.17, 15) is 17.6 Å². The van der Waals surface area contributed by atoms with Gasteiger partial charge in [0.25, 0.3) is 0 Å². The molecule has 0 aromatic heterocycles. The number of carbonyl (C=O) groups is 1. The molecule has 7 heteroatoms. The SMILES string of the molecule is CCCCCN(Cc1ccc(F)cc1)C(=O)C1CCCN(S(C)(=O)=O)C1. The van der Waals surface area contributed by atoms with Crippen LogP contribution >= 0.6 is 0 Å². The maximum Gasteiger partial charge on any atom is 0.227 e. The minimum atomic E-state index is -3.28. The normalized spacial score (nSPS) is 18.7. The van der Waals surface area contributed by atoms with Crippen molar-refractivity contribution in [1.82, 2.24) is 9.21 Å². The highest BCUT2D eigenvalue weighted by molar-refractivity contribution is 7.88. The van der Waals surface area contributed by atoms with Crippen molar-refractivity contribution < 1.29 is 17.6 Å². The second kappa shape index (κ2) is 9.46. The summed E-state index contributed by atoms with van der Waals surface area (Å²) in [6.07, 6.45) is 5.60. The summed E-state index contributed by atoms with van der Waals surface area (Å²) >= 11 is 0. The zero-order valence-electron chi connectivity index (χ0n) is 15.7. The molecule has 1 amide bonds. The Hall–Kier alpha value is -1.47. The van der Waals surface area contributed by atoms with Gasteiger partial charge < -0.3 is 4.90 Å². The van der Waals surface area contributed by atoms with Gasteiger partial charge in [-0.05, 0) is 37.0 Å². The second-order valence-corrected chi connectivity index (χ2v) is 9.04. The van der Waals surface area contributed by atoms with E-state index in [0.717, 1.165) is 24.8 Å². The van der Waals surface area contributed by atoms with E-state index in [2.05, 4.69) is 6.92 Å².